The highest BCUT2D eigenvalue weighted by Crippen LogP contribution is 2.22. The molecule has 2 aliphatic heterocycles. The van der Waals surface area contributed by atoms with Gasteiger partial charge in [-0.15, -0.1) is 0 Å². The molecule has 3 aliphatic rings. The molecular formula is C13H24N4O. The summed E-state index contributed by atoms with van der Waals surface area (Å²) in [6.07, 6.45) is 7.55. The van der Waals surface area contributed by atoms with Gasteiger partial charge in [0, 0.05) is 24.2 Å². The number of fused-ring (bicyclic) bond motifs is 1. The minimum absolute atomic E-state index is 0.0237. The molecule has 0 aromatic heterocycles. The van der Waals surface area contributed by atoms with E-state index in [1.54, 1.807) is 0 Å². The molecule has 5 heteroatoms. The molecule has 2 fully saturated rings. The number of hydrogen-bond donors (Lipinski definition) is 3. The van der Waals surface area contributed by atoms with Gasteiger partial charge in [0.05, 0.1) is 6.17 Å². The van der Waals surface area contributed by atoms with E-state index in [1.165, 1.54) is 25.7 Å². The molecule has 102 valence electrons. The molecule has 1 aliphatic carbocycles. The fourth-order valence-electron chi connectivity index (χ4n) is 2.78. The van der Waals surface area contributed by atoms with Crippen molar-refractivity contribution in [1.29, 1.82) is 0 Å². The summed E-state index contributed by atoms with van der Waals surface area (Å²) in [7, 11) is 0. The van der Waals surface area contributed by atoms with E-state index < -0.39 is 0 Å². The Morgan fingerprint density at radius 1 is 1.11 bits per heavy atom. The Kier molecular flexibility index (Phi) is 4.72. The largest absolute Gasteiger partial charge is 0.298 e. The fourth-order valence-corrected chi connectivity index (χ4v) is 2.78. The number of hydrazone groups is 1. The standard InChI is InChI=1S/C8H16N2.C5H8N2O/c1-6-9-7-4-2-3-5-8(7)10-6;1-4-2-3-5(8)7-6-4/h6-10H,2-5H2,1H3;2-3H2,1H3,(H,7,8). The van der Waals surface area contributed by atoms with Gasteiger partial charge in [-0.05, 0) is 33.1 Å². The number of rotatable bonds is 0. The van der Waals surface area contributed by atoms with E-state index in [0.717, 1.165) is 24.2 Å². The molecule has 1 saturated carbocycles. The third-order valence-corrected chi connectivity index (χ3v) is 3.78. The predicted octanol–water partition coefficient (Wildman–Crippen LogP) is 1.11. The first-order valence-corrected chi connectivity index (χ1v) is 6.99. The summed E-state index contributed by atoms with van der Waals surface area (Å²) in [6, 6.07) is 1.56. The van der Waals surface area contributed by atoms with Crippen LogP contribution >= 0.6 is 0 Å². The number of nitrogens with zero attached hydrogens (tertiary/aromatic N) is 1. The van der Waals surface area contributed by atoms with Gasteiger partial charge in [-0.3, -0.25) is 15.4 Å². The highest BCUT2D eigenvalue weighted by Gasteiger charge is 2.31. The van der Waals surface area contributed by atoms with Crippen LogP contribution in [0.4, 0.5) is 0 Å². The molecule has 1 saturated heterocycles. The first-order chi connectivity index (χ1) is 8.65. The maximum Gasteiger partial charge on any atom is 0.240 e. The molecule has 3 rings (SSSR count). The molecule has 2 heterocycles. The summed E-state index contributed by atoms with van der Waals surface area (Å²) in [4.78, 5) is 10.4. The molecule has 0 aromatic carbocycles. The van der Waals surface area contributed by atoms with Crippen LogP contribution in [0.1, 0.15) is 52.4 Å². The molecule has 18 heavy (non-hydrogen) atoms. The van der Waals surface area contributed by atoms with Crippen molar-refractivity contribution in [3.05, 3.63) is 0 Å². The minimum atomic E-state index is 0.0237. The van der Waals surface area contributed by atoms with Crippen LogP contribution in [0.25, 0.3) is 0 Å². The zero-order valence-electron chi connectivity index (χ0n) is 11.3. The van der Waals surface area contributed by atoms with E-state index in [1.807, 2.05) is 6.92 Å². The monoisotopic (exact) mass is 252 g/mol. The van der Waals surface area contributed by atoms with E-state index >= 15 is 0 Å². The lowest BCUT2D eigenvalue weighted by molar-refractivity contribution is -0.121. The SMILES string of the molecule is CC1=NNC(=O)CC1.CC1NC2CCCCC2N1. The Morgan fingerprint density at radius 2 is 1.72 bits per heavy atom. The Hall–Kier alpha value is -0.940. The molecule has 3 N–H and O–H groups in total. The van der Waals surface area contributed by atoms with Crippen LogP contribution in [0.5, 0.6) is 0 Å². The van der Waals surface area contributed by atoms with Crippen molar-refractivity contribution in [2.24, 2.45) is 5.10 Å². The lowest BCUT2D eigenvalue weighted by Crippen LogP contribution is -2.36. The molecule has 2 unspecified atom stereocenters. The zero-order chi connectivity index (χ0) is 13.0. The van der Waals surface area contributed by atoms with Gasteiger partial charge in [-0.25, -0.2) is 5.43 Å². The smallest absolute Gasteiger partial charge is 0.240 e. The van der Waals surface area contributed by atoms with Crippen molar-refractivity contribution in [3.63, 3.8) is 0 Å². The second-order valence-corrected chi connectivity index (χ2v) is 5.43. The minimum Gasteiger partial charge on any atom is -0.298 e. The number of nitrogens with one attached hydrogen (secondary N) is 3. The van der Waals surface area contributed by atoms with Gasteiger partial charge in [0.2, 0.25) is 5.91 Å². The van der Waals surface area contributed by atoms with Crippen molar-refractivity contribution in [2.75, 3.05) is 0 Å². The number of amides is 1. The van der Waals surface area contributed by atoms with E-state index in [-0.39, 0.29) is 5.91 Å². The Labute approximate surface area is 109 Å². The second kappa shape index (κ2) is 6.29. The van der Waals surface area contributed by atoms with Crippen LogP contribution in [-0.2, 0) is 4.79 Å². The fraction of sp³-hybridized carbons (Fsp3) is 0.846. The molecule has 2 atom stereocenters. The van der Waals surface area contributed by atoms with Gasteiger partial charge in [0.15, 0.2) is 0 Å². The average molecular weight is 252 g/mol. The van der Waals surface area contributed by atoms with Crippen LogP contribution in [0, 0.1) is 0 Å². The summed E-state index contributed by atoms with van der Waals surface area (Å²) in [5, 5.41) is 10.8. The molecular weight excluding hydrogens is 228 g/mol. The van der Waals surface area contributed by atoms with Crippen molar-refractivity contribution in [1.82, 2.24) is 16.1 Å². The first-order valence-electron chi connectivity index (χ1n) is 6.99. The van der Waals surface area contributed by atoms with E-state index in [9.17, 15) is 4.79 Å². The van der Waals surface area contributed by atoms with Gasteiger partial charge in [-0.2, -0.15) is 5.10 Å². The van der Waals surface area contributed by atoms with Crippen molar-refractivity contribution in [2.45, 2.75) is 70.6 Å². The maximum absolute atomic E-state index is 10.4. The normalized spacial score (nSPS) is 34.9. The van der Waals surface area contributed by atoms with E-state index in [0.29, 0.717) is 12.6 Å². The molecule has 0 radical (unpaired) electrons. The first kappa shape index (κ1) is 13.5. The summed E-state index contributed by atoms with van der Waals surface area (Å²) < 4.78 is 0. The predicted molar refractivity (Wildman–Crippen MR) is 72.3 cm³/mol. The van der Waals surface area contributed by atoms with Crippen LogP contribution in [0.2, 0.25) is 0 Å². The van der Waals surface area contributed by atoms with Gasteiger partial charge in [0.1, 0.15) is 0 Å². The summed E-state index contributed by atoms with van der Waals surface area (Å²) in [6.45, 7) is 4.11. The molecule has 0 spiro atoms. The third kappa shape index (κ3) is 3.78. The van der Waals surface area contributed by atoms with E-state index in [4.69, 9.17) is 0 Å². The Bertz CT molecular complexity index is 315. The number of carbonyl (C=O) groups is 1. The molecule has 0 aromatic rings. The maximum atomic E-state index is 10.4. The van der Waals surface area contributed by atoms with Crippen LogP contribution < -0.4 is 16.1 Å². The second-order valence-electron chi connectivity index (χ2n) is 5.43. The lowest BCUT2D eigenvalue weighted by Gasteiger charge is -2.23. The topological polar surface area (TPSA) is 65.5 Å². The lowest BCUT2D eigenvalue weighted by atomic mass is 9.92. The van der Waals surface area contributed by atoms with Crippen molar-refractivity contribution < 1.29 is 4.79 Å². The van der Waals surface area contributed by atoms with Gasteiger partial charge in [0.25, 0.3) is 0 Å². The molecule has 0 bridgehead atoms. The van der Waals surface area contributed by atoms with E-state index in [2.05, 4.69) is 28.1 Å². The van der Waals surface area contributed by atoms with Crippen molar-refractivity contribution >= 4 is 11.6 Å². The highest BCUT2D eigenvalue weighted by atomic mass is 16.2. The molecule has 5 nitrogen and oxygen atoms in total. The number of hydrogen-bond acceptors (Lipinski definition) is 4. The van der Waals surface area contributed by atoms with Crippen molar-refractivity contribution in [3.8, 4) is 0 Å². The van der Waals surface area contributed by atoms with Gasteiger partial charge in [-0.1, -0.05) is 12.8 Å². The van der Waals surface area contributed by atoms with Crippen LogP contribution in [-0.4, -0.2) is 29.9 Å². The third-order valence-electron chi connectivity index (χ3n) is 3.78. The van der Waals surface area contributed by atoms with Gasteiger partial charge >= 0.3 is 0 Å². The summed E-state index contributed by atoms with van der Waals surface area (Å²) >= 11 is 0. The summed E-state index contributed by atoms with van der Waals surface area (Å²) in [5.41, 5.74) is 3.39. The quantitative estimate of drug-likeness (QED) is 0.605. The number of carbonyl (C=O) groups excluding carboxylic acids is 1. The van der Waals surface area contributed by atoms with Crippen LogP contribution in [0.15, 0.2) is 5.10 Å². The van der Waals surface area contributed by atoms with Gasteiger partial charge < -0.3 is 0 Å². The Morgan fingerprint density at radius 3 is 2.17 bits per heavy atom. The van der Waals surface area contributed by atoms with Crippen LogP contribution in [0.3, 0.4) is 0 Å². The average Bonchev–Trinajstić information content (AvgIpc) is 2.74. The molecule has 1 amide bonds. The zero-order valence-corrected chi connectivity index (χ0v) is 11.3. The highest BCUT2D eigenvalue weighted by molar-refractivity contribution is 5.90. The summed E-state index contributed by atoms with van der Waals surface area (Å²) in [5.74, 6) is 0.0237. The Balaban J connectivity index is 0.000000138.